The molecule has 2 unspecified atom stereocenters. The molecule has 4 aliphatic carbocycles. The van der Waals surface area contributed by atoms with Gasteiger partial charge in [-0.25, -0.2) is 0 Å². The molecule has 1 aromatic carbocycles. The number of carbonyl (C=O) groups is 1. The summed E-state index contributed by atoms with van der Waals surface area (Å²) < 4.78 is 0. The van der Waals surface area contributed by atoms with Gasteiger partial charge in [-0.1, -0.05) is 11.6 Å². The Morgan fingerprint density at radius 2 is 1.65 bits per heavy atom. The van der Waals surface area contributed by atoms with Gasteiger partial charge in [0.15, 0.2) is 5.78 Å². The third kappa shape index (κ3) is 1.94. The van der Waals surface area contributed by atoms with Crippen molar-refractivity contribution in [3.8, 4) is 0 Å². The number of ketones is 1. The Morgan fingerprint density at radius 1 is 1.05 bits per heavy atom. The smallest absolute Gasteiger partial charge is 0.169 e. The summed E-state index contributed by atoms with van der Waals surface area (Å²) in [6, 6.07) is 7.35. The Labute approximate surface area is 129 Å². The van der Waals surface area contributed by atoms with Gasteiger partial charge in [0.05, 0.1) is 0 Å². The Morgan fingerprint density at radius 3 is 2.20 bits per heavy atom. The van der Waals surface area contributed by atoms with Crippen LogP contribution in [0.15, 0.2) is 24.3 Å². The summed E-state index contributed by atoms with van der Waals surface area (Å²) in [6.45, 7) is 0. The molecule has 1 aromatic rings. The first-order valence-electron chi connectivity index (χ1n) is 7.47. The van der Waals surface area contributed by atoms with E-state index in [9.17, 15) is 4.79 Å². The lowest BCUT2D eigenvalue weighted by Crippen LogP contribution is -2.56. The number of halogens is 2. The van der Waals surface area contributed by atoms with E-state index in [0.717, 1.165) is 37.7 Å². The van der Waals surface area contributed by atoms with Crippen LogP contribution in [0.5, 0.6) is 0 Å². The summed E-state index contributed by atoms with van der Waals surface area (Å²) in [7, 11) is 0. The van der Waals surface area contributed by atoms with E-state index in [1.807, 2.05) is 24.3 Å². The van der Waals surface area contributed by atoms with Gasteiger partial charge in [-0.15, -0.1) is 11.6 Å². The molecule has 4 fully saturated rings. The lowest BCUT2D eigenvalue weighted by Gasteiger charge is -2.59. The molecule has 0 saturated heterocycles. The first-order chi connectivity index (χ1) is 9.48. The fraction of sp³-hybridized carbons (Fsp3) is 0.588. The molecule has 106 valence electrons. The molecule has 0 radical (unpaired) electrons. The molecular formula is C17H18Cl2O. The summed E-state index contributed by atoms with van der Waals surface area (Å²) in [5.41, 5.74) is 0.608. The number of alkyl halides is 1. The minimum atomic E-state index is -0.195. The monoisotopic (exact) mass is 308 g/mol. The molecule has 3 heteroatoms. The van der Waals surface area contributed by atoms with Gasteiger partial charge in [-0.2, -0.15) is 0 Å². The molecule has 0 aromatic heterocycles. The van der Waals surface area contributed by atoms with Gasteiger partial charge in [0.25, 0.3) is 0 Å². The topological polar surface area (TPSA) is 17.1 Å². The zero-order valence-electron chi connectivity index (χ0n) is 11.4. The van der Waals surface area contributed by atoms with E-state index in [2.05, 4.69) is 0 Å². The Balaban J connectivity index is 1.70. The molecule has 4 saturated carbocycles. The van der Waals surface area contributed by atoms with E-state index < -0.39 is 0 Å². The number of hydrogen-bond acceptors (Lipinski definition) is 1. The van der Waals surface area contributed by atoms with E-state index >= 15 is 0 Å². The lowest BCUT2D eigenvalue weighted by atomic mass is 9.48. The van der Waals surface area contributed by atoms with Crippen LogP contribution in [0.1, 0.15) is 48.9 Å². The van der Waals surface area contributed by atoms with E-state index in [0.29, 0.717) is 22.6 Å². The lowest BCUT2D eigenvalue weighted by molar-refractivity contribution is -0.0242. The van der Waals surface area contributed by atoms with Crippen LogP contribution in [0.3, 0.4) is 0 Å². The summed E-state index contributed by atoms with van der Waals surface area (Å²) in [4.78, 5) is 12.9. The van der Waals surface area contributed by atoms with Crippen molar-refractivity contribution in [2.24, 2.45) is 17.3 Å². The van der Waals surface area contributed by atoms with Crippen molar-refractivity contribution in [2.75, 3.05) is 0 Å². The van der Waals surface area contributed by atoms with Crippen molar-refractivity contribution in [2.45, 2.75) is 43.4 Å². The van der Waals surface area contributed by atoms with Crippen molar-refractivity contribution >= 4 is 29.0 Å². The quantitative estimate of drug-likeness (QED) is 0.548. The summed E-state index contributed by atoms with van der Waals surface area (Å²) in [5.74, 6) is 1.61. The molecule has 0 spiro atoms. The van der Waals surface area contributed by atoms with Crippen molar-refractivity contribution in [3.05, 3.63) is 34.9 Å². The second-order valence-electron chi connectivity index (χ2n) is 7.23. The van der Waals surface area contributed by atoms with Crippen molar-refractivity contribution < 1.29 is 4.79 Å². The van der Waals surface area contributed by atoms with E-state index in [1.54, 1.807) is 0 Å². The highest BCUT2D eigenvalue weighted by atomic mass is 35.5. The number of Topliss-reactive ketones (excluding diaryl/α,β-unsaturated/α-hetero) is 1. The van der Waals surface area contributed by atoms with Crippen LogP contribution in [-0.4, -0.2) is 10.7 Å². The van der Waals surface area contributed by atoms with Crippen LogP contribution < -0.4 is 0 Å². The Hall–Kier alpha value is -0.530. The normalized spacial score (nSPS) is 41.9. The number of benzene rings is 1. The molecule has 0 heterocycles. The highest BCUT2D eigenvalue weighted by Gasteiger charge is 2.59. The highest BCUT2D eigenvalue weighted by molar-refractivity contribution is 6.30. The van der Waals surface area contributed by atoms with Crippen LogP contribution in [0.25, 0.3) is 0 Å². The van der Waals surface area contributed by atoms with Gasteiger partial charge in [0.2, 0.25) is 0 Å². The highest BCUT2D eigenvalue weighted by Crippen LogP contribution is 2.64. The van der Waals surface area contributed by atoms with Crippen molar-refractivity contribution in [1.29, 1.82) is 0 Å². The van der Waals surface area contributed by atoms with Gasteiger partial charge < -0.3 is 0 Å². The predicted molar refractivity (Wildman–Crippen MR) is 81.5 cm³/mol. The maximum atomic E-state index is 13.1. The molecule has 0 aliphatic heterocycles. The largest absolute Gasteiger partial charge is 0.294 e. The first kappa shape index (κ1) is 13.2. The minimum Gasteiger partial charge on any atom is -0.294 e. The third-order valence-corrected chi connectivity index (χ3v) is 6.27. The Kier molecular flexibility index (Phi) is 2.79. The average molecular weight is 309 g/mol. The number of hydrogen-bond donors (Lipinski definition) is 0. The Bertz CT molecular complexity index is 549. The van der Waals surface area contributed by atoms with Crippen molar-refractivity contribution in [1.82, 2.24) is 0 Å². The van der Waals surface area contributed by atoms with Crippen LogP contribution in [0, 0.1) is 17.3 Å². The maximum Gasteiger partial charge on any atom is 0.169 e. The average Bonchev–Trinajstić information content (AvgIpc) is 2.36. The van der Waals surface area contributed by atoms with Crippen molar-refractivity contribution in [3.63, 3.8) is 0 Å². The summed E-state index contributed by atoms with van der Waals surface area (Å²) >= 11 is 12.7. The minimum absolute atomic E-state index is 0.105. The molecular weight excluding hydrogens is 291 g/mol. The molecule has 0 N–H and O–H groups in total. The van der Waals surface area contributed by atoms with Gasteiger partial charge in [-0.05, 0) is 74.6 Å². The molecule has 1 nitrogen and oxygen atoms in total. The van der Waals surface area contributed by atoms with E-state index in [1.165, 1.54) is 6.42 Å². The fourth-order valence-corrected chi connectivity index (χ4v) is 6.14. The van der Waals surface area contributed by atoms with Gasteiger partial charge in [0, 0.05) is 20.9 Å². The molecule has 2 atom stereocenters. The molecule has 20 heavy (non-hydrogen) atoms. The maximum absolute atomic E-state index is 13.1. The van der Waals surface area contributed by atoms with Crippen LogP contribution in [-0.2, 0) is 0 Å². The fourth-order valence-electron chi connectivity index (χ4n) is 5.32. The van der Waals surface area contributed by atoms with Crippen LogP contribution in [0.4, 0.5) is 0 Å². The summed E-state index contributed by atoms with van der Waals surface area (Å²) in [5, 5.41) is 0.681. The van der Waals surface area contributed by atoms with Crippen LogP contribution >= 0.6 is 23.2 Å². The second-order valence-corrected chi connectivity index (χ2v) is 8.47. The first-order valence-corrected chi connectivity index (χ1v) is 8.23. The second kappa shape index (κ2) is 4.24. The molecule has 0 amide bonds. The molecule has 5 rings (SSSR count). The van der Waals surface area contributed by atoms with Crippen LogP contribution in [0.2, 0.25) is 5.02 Å². The molecule has 4 bridgehead atoms. The predicted octanol–water partition coefficient (Wildman–Crippen LogP) is 5.10. The van der Waals surface area contributed by atoms with E-state index in [-0.39, 0.29) is 10.3 Å². The number of rotatable bonds is 2. The van der Waals surface area contributed by atoms with Gasteiger partial charge >= 0.3 is 0 Å². The zero-order valence-corrected chi connectivity index (χ0v) is 12.9. The number of carbonyl (C=O) groups excluding carboxylic acids is 1. The SMILES string of the molecule is O=C(c1ccc(Cl)cc1)C12CC3CC(CC(Cl)(C3)C1)C2. The molecule has 4 aliphatic rings. The standard InChI is InChI=1S/C17H18Cl2O/c18-14-3-1-13(2-4-14)15(20)16-6-11-5-12(7-16)9-17(19,8-11)10-16/h1-4,11-12H,5-10H2. The third-order valence-electron chi connectivity index (χ3n) is 5.58. The summed E-state index contributed by atoms with van der Waals surface area (Å²) in [6.07, 6.45) is 6.46. The zero-order chi connectivity index (χ0) is 14.0. The van der Waals surface area contributed by atoms with Gasteiger partial charge in [-0.3, -0.25) is 4.79 Å². The van der Waals surface area contributed by atoms with Gasteiger partial charge in [0.1, 0.15) is 0 Å². The van der Waals surface area contributed by atoms with E-state index in [4.69, 9.17) is 23.2 Å².